The lowest BCUT2D eigenvalue weighted by Crippen LogP contribution is -2.66. The molecule has 0 spiro atoms. The first-order valence-electron chi connectivity index (χ1n) is 39.2. The van der Waals surface area contributed by atoms with E-state index in [9.17, 15) is 61.0 Å². The summed E-state index contributed by atoms with van der Waals surface area (Å²) in [6.07, 6.45) is 50.5. The fourth-order valence-electron chi connectivity index (χ4n) is 13.0. The third kappa shape index (κ3) is 39.8. The number of nitrogens with one attached hydrogen (secondary N) is 1. The normalized spacial score (nSPS) is 27.1. The summed E-state index contributed by atoms with van der Waals surface area (Å²) in [7, 11) is 0. The molecule has 3 fully saturated rings. The number of ether oxygens (including phenoxy) is 6. The van der Waals surface area contributed by atoms with Gasteiger partial charge in [0.2, 0.25) is 5.91 Å². The molecule has 98 heavy (non-hydrogen) atoms. The summed E-state index contributed by atoms with van der Waals surface area (Å²) in [4.78, 5) is 13.4. The van der Waals surface area contributed by atoms with E-state index in [0.29, 0.717) is 12.8 Å². The number of hydrogen-bond donors (Lipinski definition) is 12. The molecule has 0 saturated carbocycles. The summed E-state index contributed by atoms with van der Waals surface area (Å²) in [6, 6.07) is -0.991. The summed E-state index contributed by atoms with van der Waals surface area (Å²) < 4.78 is 34.4. The van der Waals surface area contributed by atoms with Crippen LogP contribution in [-0.2, 0) is 33.2 Å². The van der Waals surface area contributed by atoms with Crippen molar-refractivity contribution < 1.29 is 89.4 Å². The Morgan fingerprint density at radius 1 is 0.378 bits per heavy atom. The van der Waals surface area contributed by atoms with E-state index >= 15 is 0 Å². The maximum absolute atomic E-state index is 13.4. The number of carbonyl (C=O) groups excluding carboxylic acids is 1. The van der Waals surface area contributed by atoms with E-state index in [2.05, 4.69) is 79.9 Å². The summed E-state index contributed by atoms with van der Waals surface area (Å²) in [5.41, 5.74) is 0. The van der Waals surface area contributed by atoms with Gasteiger partial charge in [0.25, 0.3) is 0 Å². The largest absolute Gasteiger partial charge is 0.394 e. The molecule has 12 N–H and O–H groups in total. The zero-order valence-electron chi connectivity index (χ0n) is 60.8. The molecule has 3 rings (SSSR count). The molecule has 17 unspecified atom stereocenters. The molecule has 17 atom stereocenters. The average Bonchev–Trinajstić information content (AvgIpc) is 0.784. The van der Waals surface area contributed by atoms with Crippen LogP contribution in [0, 0.1) is 0 Å². The Morgan fingerprint density at radius 3 is 1.14 bits per heavy atom. The van der Waals surface area contributed by atoms with Crippen LogP contribution in [0.2, 0.25) is 0 Å². The standard InChI is InChI=1S/C79H141NO18/c1-3-5-7-9-11-13-15-17-19-21-22-23-24-25-26-27-28-29-30-31-32-33-34-35-36-37-38-39-40-41-43-45-47-49-51-53-55-57-67(85)80-62(63(84)56-54-52-50-48-46-44-42-20-18-16-14-12-10-8-6-4-2)61-93-77-73(91)70(88)75(65(59-82)95-77)98-79-74(92)71(89)76(66(60-83)96-79)97-78-72(90)69(87)68(86)64(58-81)94-78/h5,7,11,13,17,19,22-23,46,48,54,56,62-66,68-79,81-84,86-92H,3-4,6,8-10,12,14-16,18,20-21,24-45,47,49-53,55,57-61H2,1-2H3,(H,80,85)/b7-5-,13-11-,19-17-,23-22-,48-46+,56-54+. The summed E-state index contributed by atoms with van der Waals surface area (Å²) in [6.45, 7) is 1.62. The van der Waals surface area contributed by atoms with Gasteiger partial charge in [-0.2, -0.15) is 0 Å². The molecule has 3 aliphatic rings. The van der Waals surface area contributed by atoms with Crippen molar-refractivity contribution >= 4 is 5.91 Å². The molecule has 0 aromatic heterocycles. The van der Waals surface area contributed by atoms with E-state index in [4.69, 9.17) is 28.4 Å². The van der Waals surface area contributed by atoms with E-state index in [1.165, 1.54) is 193 Å². The molecular weight excluding hydrogens is 1250 g/mol. The van der Waals surface area contributed by atoms with Crippen LogP contribution in [-0.4, -0.2) is 193 Å². The van der Waals surface area contributed by atoms with Gasteiger partial charge in [0.05, 0.1) is 38.6 Å². The van der Waals surface area contributed by atoms with Gasteiger partial charge in [-0.05, 0) is 70.6 Å². The molecule has 1 amide bonds. The molecule has 0 aromatic rings. The molecule has 570 valence electrons. The van der Waals surface area contributed by atoms with E-state index < -0.39 is 124 Å². The van der Waals surface area contributed by atoms with Crippen molar-refractivity contribution in [1.29, 1.82) is 0 Å². The lowest BCUT2D eigenvalue weighted by molar-refractivity contribution is -0.379. The first-order chi connectivity index (χ1) is 47.8. The Labute approximate surface area is 591 Å². The van der Waals surface area contributed by atoms with E-state index in [0.717, 1.165) is 64.2 Å². The fourth-order valence-corrected chi connectivity index (χ4v) is 13.0. The predicted octanol–water partition coefficient (Wildman–Crippen LogP) is 12.4. The van der Waals surface area contributed by atoms with Crippen molar-refractivity contribution in [2.24, 2.45) is 0 Å². The number of aliphatic hydroxyl groups is 11. The van der Waals surface area contributed by atoms with Crippen LogP contribution in [0.4, 0.5) is 0 Å². The Kier molecular flexibility index (Phi) is 54.4. The Morgan fingerprint density at radius 2 is 0.714 bits per heavy atom. The average molecular weight is 1390 g/mol. The van der Waals surface area contributed by atoms with Crippen molar-refractivity contribution in [3.63, 3.8) is 0 Å². The molecule has 0 radical (unpaired) electrons. The van der Waals surface area contributed by atoms with Gasteiger partial charge in [-0.25, -0.2) is 0 Å². The molecule has 3 aliphatic heterocycles. The molecule has 3 saturated heterocycles. The molecular formula is C79H141NO18. The second-order valence-electron chi connectivity index (χ2n) is 27.8. The SMILES string of the molecule is CC/C=C\C/C=C\C/C=C\C/C=C\CCCCCCCCCCCCCCCCCCCCCCCCCCC(=O)NC(COC1OC(CO)C(OC2OC(CO)C(OC3OC(CO)C(O)C(O)C3O)C(O)C2O)C(O)C1O)C(O)/C=C/CC/C=C/CCCCCCCCCCCC. The van der Waals surface area contributed by atoms with Gasteiger partial charge in [-0.1, -0.05) is 286 Å². The number of unbranched alkanes of at least 4 members (excludes halogenated alkanes) is 35. The van der Waals surface area contributed by atoms with Gasteiger partial charge < -0.3 is 89.9 Å². The first kappa shape index (κ1) is 89.4. The molecule has 0 bridgehead atoms. The first-order valence-corrected chi connectivity index (χ1v) is 39.2. The van der Waals surface area contributed by atoms with Crippen LogP contribution < -0.4 is 5.32 Å². The van der Waals surface area contributed by atoms with Crippen LogP contribution in [0.25, 0.3) is 0 Å². The molecule has 19 nitrogen and oxygen atoms in total. The number of allylic oxidation sites excluding steroid dienone is 11. The lowest BCUT2D eigenvalue weighted by atomic mass is 9.96. The Balaban J connectivity index is 1.32. The fraction of sp³-hybridized carbons (Fsp3) is 0.835. The lowest BCUT2D eigenvalue weighted by Gasteiger charge is -2.48. The number of rotatable bonds is 61. The highest BCUT2D eigenvalue weighted by Gasteiger charge is 2.53. The minimum absolute atomic E-state index is 0.237. The van der Waals surface area contributed by atoms with Crippen LogP contribution in [0.1, 0.15) is 290 Å². The quantitative estimate of drug-likeness (QED) is 0.0199. The summed E-state index contributed by atoms with van der Waals surface area (Å²) in [5, 5.41) is 121. The van der Waals surface area contributed by atoms with E-state index in [1.807, 2.05) is 6.08 Å². The number of aliphatic hydroxyl groups excluding tert-OH is 11. The topological polar surface area (TPSA) is 307 Å². The van der Waals surface area contributed by atoms with E-state index in [1.54, 1.807) is 6.08 Å². The number of hydrogen-bond acceptors (Lipinski definition) is 18. The van der Waals surface area contributed by atoms with Crippen molar-refractivity contribution in [3.8, 4) is 0 Å². The van der Waals surface area contributed by atoms with E-state index in [-0.39, 0.29) is 18.9 Å². The molecule has 0 aromatic carbocycles. The van der Waals surface area contributed by atoms with Crippen LogP contribution in [0.5, 0.6) is 0 Å². The number of carbonyl (C=O) groups is 1. The van der Waals surface area contributed by atoms with Crippen LogP contribution in [0.15, 0.2) is 72.9 Å². The zero-order chi connectivity index (χ0) is 71.1. The van der Waals surface area contributed by atoms with Gasteiger partial charge in [-0.15, -0.1) is 0 Å². The minimum atomic E-state index is -1.98. The minimum Gasteiger partial charge on any atom is -0.394 e. The molecule has 0 aliphatic carbocycles. The third-order valence-corrected chi connectivity index (χ3v) is 19.2. The Bertz CT molecular complexity index is 2050. The summed E-state index contributed by atoms with van der Waals surface area (Å²) in [5.74, 6) is -0.282. The highest BCUT2D eigenvalue weighted by atomic mass is 16.8. The zero-order valence-corrected chi connectivity index (χ0v) is 60.8. The second-order valence-corrected chi connectivity index (χ2v) is 27.8. The maximum Gasteiger partial charge on any atom is 0.220 e. The van der Waals surface area contributed by atoms with Gasteiger partial charge in [0.1, 0.15) is 73.2 Å². The van der Waals surface area contributed by atoms with Gasteiger partial charge in [-0.3, -0.25) is 4.79 Å². The number of amides is 1. The van der Waals surface area contributed by atoms with Crippen molar-refractivity contribution in [3.05, 3.63) is 72.9 Å². The van der Waals surface area contributed by atoms with Crippen LogP contribution in [0.3, 0.4) is 0 Å². The Hall–Kier alpha value is -2.77. The van der Waals surface area contributed by atoms with Crippen molar-refractivity contribution in [1.82, 2.24) is 5.32 Å². The summed E-state index contributed by atoms with van der Waals surface area (Å²) >= 11 is 0. The second kappa shape index (κ2) is 59.6. The third-order valence-electron chi connectivity index (χ3n) is 19.2. The monoisotopic (exact) mass is 1390 g/mol. The van der Waals surface area contributed by atoms with Gasteiger partial charge in [0.15, 0.2) is 18.9 Å². The molecule has 19 heteroatoms. The van der Waals surface area contributed by atoms with Crippen molar-refractivity contribution in [2.75, 3.05) is 26.4 Å². The maximum atomic E-state index is 13.4. The predicted molar refractivity (Wildman–Crippen MR) is 388 cm³/mol. The smallest absolute Gasteiger partial charge is 0.220 e. The highest BCUT2D eigenvalue weighted by Crippen LogP contribution is 2.33. The van der Waals surface area contributed by atoms with Gasteiger partial charge in [0, 0.05) is 6.42 Å². The van der Waals surface area contributed by atoms with Gasteiger partial charge >= 0.3 is 0 Å². The van der Waals surface area contributed by atoms with Crippen molar-refractivity contribution in [2.45, 2.75) is 394 Å². The van der Waals surface area contributed by atoms with Crippen LogP contribution >= 0.6 is 0 Å². The molecule has 3 heterocycles. The highest BCUT2D eigenvalue weighted by molar-refractivity contribution is 5.76.